The highest BCUT2D eigenvalue weighted by Crippen LogP contribution is 2.46. The Kier molecular flexibility index (Phi) is 7.96. The number of fused-ring (bicyclic) bond motifs is 2. The number of aryl methyl sites for hydroxylation is 1. The van der Waals surface area contributed by atoms with Crippen LogP contribution in [0.5, 0.6) is 17.2 Å². The first-order chi connectivity index (χ1) is 21.4. The molecular weight excluding hydrogens is 580 g/mol. The average Bonchev–Trinajstić information content (AvgIpc) is 3.67. The predicted molar refractivity (Wildman–Crippen MR) is 169 cm³/mol. The average molecular weight is 613 g/mol. The summed E-state index contributed by atoms with van der Waals surface area (Å²) in [6.07, 6.45) is 3.61. The van der Waals surface area contributed by atoms with Crippen molar-refractivity contribution >= 4 is 49.8 Å². The summed E-state index contributed by atoms with van der Waals surface area (Å²) in [5, 5.41) is 12.2. The quantitative estimate of drug-likeness (QED) is 0.0827. The minimum absolute atomic E-state index is 0.0697. The fraction of sp³-hybridized carbons (Fsp3) is 0.273. The number of hydrogen-bond acceptors (Lipinski definition) is 9. The van der Waals surface area contributed by atoms with E-state index in [1.165, 1.54) is 23.3 Å². The number of pyridine rings is 1. The Morgan fingerprint density at radius 2 is 1.86 bits per heavy atom. The largest absolute Gasteiger partial charge is 0.505 e. The molecule has 0 radical (unpaired) electrons. The van der Waals surface area contributed by atoms with Gasteiger partial charge in [-0.25, -0.2) is 9.97 Å². The second-order valence-electron chi connectivity index (χ2n) is 10.3. The minimum atomic E-state index is -1.01. The SMILES string of the molecule is CCCCOc1ccc(C2C(=C(O)c3c(C)nc4ccccn34)C(=O)C(=O)N2c2nc3ccc(OCC)cc3s2)cc1OC. The predicted octanol–water partition coefficient (Wildman–Crippen LogP) is 6.46. The molecule has 1 aliphatic heterocycles. The van der Waals surface area contributed by atoms with Crippen LogP contribution in [0.4, 0.5) is 5.13 Å². The third-order valence-electron chi connectivity index (χ3n) is 7.50. The van der Waals surface area contributed by atoms with Crippen molar-refractivity contribution in [2.75, 3.05) is 25.2 Å². The number of amides is 1. The molecule has 1 fully saturated rings. The van der Waals surface area contributed by atoms with Crippen LogP contribution in [0.3, 0.4) is 0 Å². The van der Waals surface area contributed by atoms with Gasteiger partial charge in [0.05, 0.1) is 47.8 Å². The van der Waals surface area contributed by atoms with Crippen LogP contribution < -0.4 is 19.1 Å². The summed E-state index contributed by atoms with van der Waals surface area (Å²) in [6, 6.07) is 15.2. The van der Waals surface area contributed by atoms with Gasteiger partial charge in [0.1, 0.15) is 17.1 Å². The number of ketones is 1. The Bertz CT molecular complexity index is 1930. The summed E-state index contributed by atoms with van der Waals surface area (Å²) in [5.74, 6) is -0.276. The van der Waals surface area contributed by atoms with E-state index in [0.717, 1.165) is 17.5 Å². The van der Waals surface area contributed by atoms with E-state index in [-0.39, 0.29) is 11.3 Å². The smallest absolute Gasteiger partial charge is 0.301 e. The molecule has 6 rings (SSSR count). The molecule has 1 atom stereocenters. The molecule has 10 nitrogen and oxygen atoms in total. The van der Waals surface area contributed by atoms with E-state index in [0.29, 0.717) is 63.7 Å². The van der Waals surface area contributed by atoms with Crippen molar-refractivity contribution in [2.24, 2.45) is 0 Å². The van der Waals surface area contributed by atoms with Gasteiger partial charge in [-0.1, -0.05) is 36.8 Å². The molecular formula is C33H32N4O6S. The molecule has 226 valence electrons. The maximum absolute atomic E-state index is 13.9. The second-order valence-corrected chi connectivity index (χ2v) is 11.3. The third kappa shape index (κ3) is 5.02. The molecule has 1 aliphatic rings. The molecule has 3 aromatic heterocycles. The number of methoxy groups -OCH3 is 1. The monoisotopic (exact) mass is 612 g/mol. The van der Waals surface area contributed by atoms with Crippen molar-refractivity contribution in [3.05, 3.63) is 83.3 Å². The highest BCUT2D eigenvalue weighted by atomic mass is 32.1. The Morgan fingerprint density at radius 1 is 1.02 bits per heavy atom. The van der Waals surface area contributed by atoms with E-state index in [1.807, 2.05) is 31.2 Å². The molecule has 0 spiro atoms. The van der Waals surface area contributed by atoms with E-state index in [9.17, 15) is 14.7 Å². The number of thiazole rings is 1. The summed E-state index contributed by atoms with van der Waals surface area (Å²) in [7, 11) is 1.54. The molecule has 5 aromatic rings. The molecule has 2 aromatic carbocycles. The van der Waals surface area contributed by atoms with E-state index in [1.54, 1.807) is 47.9 Å². The van der Waals surface area contributed by atoms with Gasteiger partial charge in [0.15, 0.2) is 22.4 Å². The Labute approximate surface area is 258 Å². The molecule has 0 saturated carbocycles. The number of imidazole rings is 1. The maximum atomic E-state index is 13.9. The fourth-order valence-electron chi connectivity index (χ4n) is 5.42. The molecule has 11 heteroatoms. The summed E-state index contributed by atoms with van der Waals surface area (Å²) >= 11 is 1.27. The van der Waals surface area contributed by atoms with Crippen LogP contribution in [0.1, 0.15) is 49.7 Å². The normalized spacial score (nSPS) is 16.3. The van der Waals surface area contributed by atoms with E-state index in [4.69, 9.17) is 19.2 Å². The van der Waals surface area contributed by atoms with Gasteiger partial charge in [-0.05, 0) is 68.3 Å². The first-order valence-corrected chi connectivity index (χ1v) is 15.3. The van der Waals surface area contributed by atoms with Gasteiger partial charge in [-0.2, -0.15) is 0 Å². The standard InChI is InChI=1S/C33H32N4O6S/c1-5-7-16-43-23-14-11-20(17-24(23)41-4)29-27(30(38)28-19(3)34-26-10-8-9-15-36(26)28)31(39)32(40)37(29)33-35-22-13-12-21(42-6-2)18-25(22)44-33/h8-15,17-18,29,38H,5-7,16H2,1-4H3. The van der Waals surface area contributed by atoms with Gasteiger partial charge >= 0.3 is 5.91 Å². The first kappa shape index (κ1) is 29.2. The van der Waals surface area contributed by atoms with Gasteiger partial charge in [0.25, 0.3) is 5.78 Å². The van der Waals surface area contributed by atoms with Crippen molar-refractivity contribution in [1.29, 1.82) is 0 Å². The lowest BCUT2D eigenvalue weighted by Gasteiger charge is -2.24. The lowest BCUT2D eigenvalue weighted by atomic mass is 9.96. The van der Waals surface area contributed by atoms with Gasteiger partial charge in [0.2, 0.25) is 0 Å². The number of carbonyl (C=O) groups is 2. The molecule has 1 amide bonds. The van der Waals surface area contributed by atoms with Crippen molar-refractivity contribution in [2.45, 2.75) is 39.7 Å². The number of ether oxygens (including phenoxy) is 3. The summed E-state index contributed by atoms with van der Waals surface area (Å²) < 4.78 is 19.8. The van der Waals surface area contributed by atoms with Crippen LogP contribution in [-0.2, 0) is 9.59 Å². The van der Waals surface area contributed by atoms with E-state index >= 15 is 0 Å². The zero-order valence-electron chi connectivity index (χ0n) is 24.9. The number of unbranched alkanes of at least 4 members (excludes halogenated alkanes) is 1. The molecule has 44 heavy (non-hydrogen) atoms. The molecule has 1 unspecified atom stereocenters. The van der Waals surface area contributed by atoms with Gasteiger partial charge in [-0.3, -0.25) is 18.9 Å². The topological polar surface area (TPSA) is 115 Å². The van der Waals surface area contributed by atoms with E-state index < -0.39 is 17.7 Å². The van der Waals surface area contributed by atoms with Crippen LogP contribution in [-0.4, -0.2) is 51.5 Å². The highest BCUT2D eigenvalue weighted by Gasteiger charge is 2.49. The number of rotatable bonds is 10. The molecule has 1 saturated heterocycles. The third-order valence-corrected chi connectivity index (χ3v) is 8.51. The number of aromatic nitrogens is 3. The van der Waals surface area contributed by atoms with Crippen LogP contribution in [0.2, 0.25) is 0 Å². The molecule has 0 aliphatic carbocycles. The summed E-state index contributed by atoms with van der Waals surface area (Å²) in [6.45, 7) is 6.77. The number of hydrogen-bond donors (Lipinski definition) is 1. The number of aliphatic hydroxyl groups is 1. The molecule has 4 heterocycles. The maximum Gasteiger partial charge on any atom is 0.301 e. The van der Waals surface area contributed by atoms with Gasteiger partial charge in [-0.15, -0.1) is 0 Å². The number of aliphatic hydroxyl groups excluding tert-OH is 1. The first-order valence-electron chi connectivity index (χ1n) is 14.4. The molecule has 1 N–H and O–H groups in total. The lowest BCUT2D eigenvalue weighted by molar-refractivity contribution is -0.132. The number of Topliss-reactive ketones (excluding diaryl/α,β-unsaturated/α-hetero) is 1. The molecule has 0 bridgehead atoms. The van der Waals surface area contributed by atoms with Crippen LogP contribution >= 0.6 is 11.3 Å². The Hall–Kier alpha value is -4.90. The minimum Gasteiger partial charge on any atom is -0.505 e. The van der Waals surface area contributed by atoms with Crippen molar-refractivity contribution in [3.8, 4) is 17.2 Å². The van der Waals surface area contributed by atoms with E-state index in [2.05, 4.69) is 11.9 Å². The van der Waals surface area contributed by atoms with Crippen LogP contribution in [0, 0.1) is 6.92 Å². The Balaban J connectivity index is 1.55. The fourth-order valence-corrected chi connectivity index (χ4v) is 6.44. The van der Waals surface area contributed by atoms with Crippen LogP contribution in [0.15, 0.2) is 66.4 Å². The number of nitrogens with zero attached hydrogens (tertiary/aromatic N) is 4. The zero-order valence-corrected chi connectivity index (χ0v) is 25.7. The summed E-state index contributed by atoms with van der Waals surface area (Å²) in [5.41, 5.74) is 2.58. The zero-order chi connectivity index (χ0) is 31.0. The van der Waals surface area contributed by atoms with Gasteiger partial charge in [0, 0.05) is 6.20 Å². The number of anilines is 1. The van der Waals surface area contributed by atoms with Crippen molar-refractivity contribution in [3.63, 3.8) is 0 Å². The summed E-state index contributed by atoms with van der Waals surface area (Å²) in [4.78, 5) is 38.4. The van der Waals surface area contributed by atoms with Crippen molar-refractivity contribution < 1.29 is 28.9 Å². The number of benzene rings is 2. The Morgan fingerprint density at radius 3 is 2.64 bits per heavy atom. The second kappa shape index (κ2) is 12.0. The highest BCUT2D eigenvalue weighted by molar-refractivity contribution is 7.22. The number of carbonyl (C=O) groups excluding carboxylic acids is 2. The van der Waals surface area contributed by atoms with Crippen molar-refractivity contribution in [1.82, 2.24) is 14.4 Å². The lowest BCUT2D eigenvalue weighted by Crippen LogP contribution is -2.29. The van der Waals surface area contributed by atoms with Gasteiger partial charge < -0.3 is 19.3 Å². The van der Waals surface area contributed by atoms with Crippen LogP contribution in [0.25, 0.3) is 21.6 Å².